The van der Waals surface area contributed by atoms with Crippen molar-refractivity contribution in [3.05, 3.63) is 29.8 Å². The topological polar surface area (TPSA) is 120 Å². The van der Waals surface area contributed by atoms with Gasteiger partial charge in [0.15, 0.2) is 6.61 Å². The Morgan fingerprint density at radius 3 is 2.46 bits per heavy atom. The second-order valence-corrected chi connectivity index (χ2v) is 15.3. The SMILES string of the molecule is Cc1ccc(S(=O)(=O)OCC(=O)OC2CC(C)(C3CO3)C(O)C(C)C34CCC(=O)C5(CC(C)C2(C)C53)C4)cc1. The molecule has 4 aliphatic carbocycles. The fourth-order valence-electron chi connectivity index (χ4n) is 9.66. The number of benzene rings is 1. The highest BCUT2D eigenvalue weighted by atomic mass is 32.2. The summed E-state index contributed by atoms with van der Waals surface area (Å²) in [5, 5.41) is 11.8. The molecular formula is C30H40O8S. The zero-order valence-electron chi connectivity index (χ0n) is 23.4. The minimum Gasteiger partial charge on any atom is -0.460 e. The summed E-state index contributed by atoms with van der Waals surface area (Å²) in [5.74, 6) is -0.385. The lowest BCUT2D eigenvalue weighted by atomic mass is 9.32. The maximum atomic E-state index is 13.4. The third-order valence-electron chi connectivity index (χ3n) is 11.9. The summed E-state index contributed by atoms with van der Waals surface area (Å²) < 4.78 is 42.5. The van der Waals surface area contributed by atoms with Gasteiger partial charge in [-0.25, -0.2) is 4.79 Å². The Kier molecular flexibility index (Phi) is 6.03. The maximum absolute atomic E-state index is 13.4. The van der Waals surface area contributed by atoms with E-state index in [0.717, 1.165) is 24.8 Å². The van der Waals surface area contributed by atoms with Crippen LogP contribution in [-0.2, 0) is 33.4 Å². The Hall–Kier alpha value is -1.81. The van der Waals surface area contributed by atoms with Crippen LogP contribution in [0.15, 0.2) is 29.2 Å². The Morgan fingerprint density at radius 2 is 1.82 bits per heavy atom. The molecule has 0 aromatic heterocycles. The highest BCUT2D eigenvalue weighted by Gasteiger charge is 2.82. The smallest absolute Gasteiger partial charge is 0.333 e. The number of carbonyl (C=O) groups is 2. The van der Waals surface area contributed by atoms with Crippen molar-refractivity contribution in [2.75, 3.05) is 13.2 Å². The second-order valence-electron chi connectivity index (χ2n) is 13.7. The van der Waals surface area contributed by atoms with E-state index in [9.17, 15) is 23.1 Å². The fourth-order valence-corrected chi connectivity index (χ4v) is 10.5. The van der Waals surface area contributed by atoms with Gasteiger partial charge in [-0.15, -0.1) is 0 Å². The number of hydrogen-bond acceptors (Lipinski definition) is 8. The minimum atomic E-state index is -4.14. The molecule has 5 fully saturated rings. The molecule has 1 aromatic carbocycles. The van der Waals surface area contributed by atoms with E-state index in [1.807, 2.05) is 13.8 Å². The average molecular weight is 561 g/mol. The van der Waals surface area contributed by atoms with Crippen molar-refractivity contribution < 1.29 is 36.8 Å². The third kappa shape index (κ3) is 3.68. The molecule has 4 saturated carbocycles. The molecule has 5 aliphatic rings. The second kappa shape index (κ2) is 8.60. The van der Waals surface area contributed by atoms with Crippen molar-refractivity contribution >= 4 is 21.9 Å². The first-order valence-electron chi connectivity index (χ1n) is 14.2. The van der Waals surface area contributed by atoms with Crippen LogP contribution in [0.2, 0.25) is 0 Å². The number of aliphatic hydroxyl groups is 1. The van der Waals surface area contributed by atoms with E-state index in [1.54, 1.807) is 12.1 Å². The molecule has 8 nitrogen and oxygen atoms in total. The number of epoxide rings is 1. The van der Waals surface area contributed by atoms with Gasteiger partial charge >= 0.3 is 5.97 Å². The van der Waals surface area contributed by atoms with Crippen LogP contribution in [0.5, 0.6) is 0 Å². The highest BCUT2D eigenvalue weighted by Crippen LogP contribution is 2.82. The molecule has 1 aromatic rings. The summed E-state index contributed by atoms with van der Waals surface area (Å²) in [4.78, 5) is 26.6. The Bertz CT molecular complexity index is 1300. The fraction of sp³-hybridized carbons (Fsp3) is 0.733. The van der Waals surface area contributed by atoms with Gasteiger partial charge in [-0.1, -0.05) is 45.4 Å². The summed E-state index contributed by atoms with van der Waals surface area (Å²) in [7, 11) is -4.14. The van der Waals surface area contributed by atoms with Gasteiger partial charge in [0, 0.05) is 22.7 Å². The molecule has 1 aliphatic heterocycles. The first-order chi connectivity index (χ1) is 18.2. The van der Waals surface area contributed by atoms with E-state index < -0.39 is 51.1 Å². The van der Waals surface area contributed by atoms with E-state index in [4.69, 9.17) is 13.7 Å². The number of hydrogen-bond donors (Lipinski definition) is 1. The summed E-state index contributed by atoms with van der Waals surface area (Å²) in [6.45, 7) is 10.1. The Balaban J connectivity index is 1.32. The van der Waals surface area contributed by atoms with Crippen molar-refractivity contribution in [2.24, 2.45) is 39.4 Å². The number of ether oxygens (including phenoxy) is 2. The molecule has 0 amide bonds. The first kappa shape index (κ1) is 27.4. The lowest BCUT2D eigenvalue weighted by molar-refractivity contribution is -0.263. The molecule has 1 saturated heterocycles. The molecule has 10 unspecified atom stereocenters. The van der Waals surface area contributed by atoms with Crippen molar-refractivity contribution in [3.8, 4) is 0 Å². The van der Waals surface area contributed by atoms with Gasteiger partial charge in [0.25, 0.3) is 10.1 Å². The van der Waals surface area contributed by atoms with Gasteiger partial charge < -0.3 is 14.6 Å². The van der Waals surface area contributed by atoms with Crippen molar-refractivity contribution in [2.45, 2.75) is 89.9 Å². The molecule has 39 heavy (non-hydrogen) atoms. The van der Waals surface area contributed by atoms with E-state index in [2.05, 4.69) is 20.8 Å². The van der Waals surface area contributed by atoms with Crippen LogP contribution >= 0.6 is 0 Å². The zero-order valence-corrected chi connectivity index (χ0v) is 24.3. The molecule has 2 bridgehead atoms. The van der Waals surface area contributed by atoms with E-state index in [0.29, 0.717) is 25.2 Å². The van der Waals surface area contributed by atoms with E-state index >= 15 is 0 Å². The lowest BCUT2D eigenvalue weighted by Gasteiger charge is -2.71. The zero-order chi connectivity index (χ0) is 28.2. The van der Waals surface area contributed by atoms with Gasteiger partial charge in [0.05, 0.1) is 23.7 Å². The molecule has 0 radical (unpaired) electrons. The van der Waals surface area contributed by atoms with Gasteiger partial charge in [0.1, 0.15) is 11.9 Å². The summed E-state index contributed by atoms with van der Waals surface area (Å²) >= 11 is 0. The van der Waals surface area contributed by atoms with Crippen LogP contribution in [0.1, 0.15) is 65.4 Å². The highest BCUT2D eigenvalue weighted by molar-refractivity contribution is 7.86. The van der Waals surface area contributed by atoms with Crippen molar-refractivity contribution in [3.63, 3.8) is 0 Å². The largest absolute Gasteiger partial charge is 0.460 e. The van der Waals surface area contributed by atoms with Gasteiger partial charge in [-0.05, 0) is 67.9 Å². The predicted molar refractivity (Wildman–Crippen MR) is 141 cm³/mol. The van der Waals surface area contributed by atoms with Crippen LogP contribution in [0.4, 0.5) is 0 Å². The maximum Gasteiger partial charge on any atom is 0.333 e. The molecule has 9 heteroatoms. The monoisotopic (exact) mass is 560 g/mol. The number of ketones is 1. The summed E-state index contributed by atoms with van der Waals surface area (Å²) in [6.07, 6.45) is 1.72. The number of Topliss-reactive ketones (excluding diaryl/α,β-unsaturated/α-hetero) is 1. The molecule has 1 N–H and O–H groups in total. The first-order valence-corrected chi connectivity index (χ1v) is 15.6. The number of carbonyl (C=O) groups excluding carboxylic acids is 2. The van der Waals surface area contributed by atoms with Gasteiger partial charge in [0.2, 0.25) is 0 Å². The molecular weight excluding hydrogens is 520 g/mol. The van der Waals surface area contributed by atoms with Gasteiger partial charge in [-0.3, -0.25) is 8.98 Å². The van der Waals surface area contributed by atoms with Gasteiger partial charge in [-0.2, -0.15) is 8.42 Å². The van der Waals surface area contributed by atoms with Crippen molar-refractivity contribution in [1.29, 1.82) is 0 Å². The molecule has 10 atom stereocenters. The van der Waals surface area contributed by atoms with E-state index in [-0.39, 0.29) is 34.2 Å². The summed E-state index contributed by atoms with van der Waals surface area (Å²) in [5.41, 5.74) is -0.890. The molecule has 0 spiro atoms. The number of rotatable bonds is 6. The minimum absolute atomic E-state index is 0.00178. The van der Waals surface area contributed by atoms with Crippen LogP contribution in [-0.4, -0.2) is 56.8 Å². The third-order valence-corrected chi connectivity index (χ3v) is 13.1. The quantitative estimate of drug-likeness (QED) is 0.317. The number of aryl methyl sites for hydroxylation is 1. The normalized spacial score (nSPS) is 46.5. The lowest BCUT2D eigenvalue weighted by Crippen LogP contribution is -2.72. The number of aliphatic hydroxyl groups excluding tert-OH is 1. The summed E-state index contributed by atoms with van der Waals surface area (Å²) in [6, 6.07) is 6.23. The predicted octanol–water partition coefficient (Wildman–Crippen LogP) is 3.82. The van der Waals surface area contributed by atoms with Crippen LogP contribution in [0.3, 0.4) is 0 Å². The molecule has 1 heterocycles. The molecule has 6 rings (SSSR count). The van der Waals surface area contributed by atoms with Crippen LogP contribution < -0.4 is 0 Å². The Labute approximate surface area is 230 Å². The van der Waals surface area contributed by atoms with Crippen molar-refractivity contribution in [1.82, 2.24) is 0 Å². The standard InChI is InChI=1S/C30H40O8S/c1-17-6-8-20(9-7-17)39(34,35)37-15-24(32)38-22-13-27(4,23-14-36-23)25(33)19(3)29-11-10-21(31)30(16-29)12-18(2)28(22,5)26(29)30/h6-9,18-19,22-23,25-26,33H,10-16H2,1-5H3. The Morgan fingerprint density at radius 1 is 1.15 bits per heavy atom. The molecule has 214 valence electrons. The van der Waals surface area contributed by atoms with Crippen LogP contribution in [0, 0.1) is 46.3 Å². The van der Waals surface area contributed by atoms with E-state index in [1.165, 1.54) is 12.1 Å². The van der Waals surface area contributed by atoms with Crippen LogP contribution in [0.25, 0.3) is 0 Å². The number of esters is 1. The average Bonchev–Trinajstić information content (AvgIpc) is 3.70.